The Bertz CT molecular complexity index is 417. The Balaban J connectivity index is 1.91. The van der Waals surface area contributed by atoms with Gasteiger partial charge >= 0.3 is 0 Å². The molecule has 1 aromatic rings. The molecule has 0 radical (unpaired) electrons. The molecular weight excluding hydrogens is 272 g/mol. The lowest BCUT2D eigenvalue weighted by Gasteiger charge is -2.36. The highest BCUT2D eigenvalue weighted by Crippen LogP contribution is 2.34. The molecule has 20 heavy (non-hydrogen) atoms. The van der Waals surface area contributed by atoms with Crippen molar-refractivity contribution >= 4 is 11.6 Å². The van der Waals surface area contributed by atoms with Gasteiger partial charge < -0.3 is 4.74 Å². The van der Waals surface area contributed by atoms with Crippen molar-refractivity contribution in [2.45, 2.75) is 39.2 Å². The first kappa shape index (κ1) is 15.6. The second-order valence-electron chi connectivity index (χ2n) is 6.22. The average molecular weight is 297 g/mol. The third kappa shape index (κ3) is 4.37. The predicted molar refractivity (Wildman–Crippen MR) is 83.7 cm³/mol. The van der Waals surface area contributed by atoms with Gasteiger partial charge in [0, 0.05) is 5.02 Å². The number of nitrogens with two attached hydrogens (primary N) is 1. The van der Waals surface area contributed by atoms with E-state index in [9.17, 15) is 0 Å². The standard InChI is InChI=1S/C16H25ClN2O/c1-11-6-12(2)8-13(7-11)16(19-18)10-20-15-5-3-4-14(17)9-15/h3-5,9,11-13,16,19H,6-8,10,18H2,1-2H3. The van der Waals surface area contributed by atoms with Gasteiger partial charge in [-0.05, 0) is 55.2 Å². The summed E-state index contributed by atoms with van der Waals surface area (Å²) in [4.78, 5) is 0. The molecule has 0 heterocycles. The maximum absolute atomic E-state index is 5.96. The molecule has 3 N–H and O–H groups in total. The average Bonchev–Trinajstić information content (AvgIpc) is 2.38. The number of hydrogen-bond donors (Lipinski definition) is 2. The van der Waals surface area contributed by atoms with Crippen molar-refractivity contribution in [1.29, 1.82) is 0 Å². The number of halogens is 1. The molecule has 0 bridgehead atoms. The molecule has 3 nitrogen and oxygen atoms in total. The molecule has 1 fully saturated rings. The van der Waals surface area contributed by atoms with Gasteiger partial charge in [-0.1, -0.05) is 31.5 Å². The van der Waals surface area contributed by atoms with E-state index in [0.29, 0.717) is 17.5 Å². The Hall–Kier alpha value is -0.770. The van der Waals surface area contributed by atoms with Gasteiger partial charge in [-0.2, -0.15) is 0 Å². The summed E-state index contributed by atoms with van der Waals surface area (Å²) in [5.74, 6) is 8.65. The Labute approximate surface area is 126 Å². The van der Waals surface area contributed by atoms with Crippen LogP contribution < -0.4 is 16.0 Å². The summed E-state index contributed by atoms with van der Waals surface area (Å²) >= 11 is 5.96. The molecule has 3 atom stereocenters. The molecule has 3 unspecified atom stereocenters. The van der Waals surface area contributed by atoms with E-state index in [1.54, 1.807) is 0 Å². The lowest BCUT2D eigenvalue weighted by Crippen LogP contribution is -2.47. The lowest BCUT2D eigenvalue weighted by atomic mass is 9.74. The van der Waals surface area contributed by atoms with Gasteiger partial charge in [-0.25, -0.2) is 0 Å². The Morgan fingerprint density at radius 3 is 2.60 bits per heavy atom. The Morgan fingerprint density at radius 2 is 2.00 bits per heavy atom. The first-order chi connectivity index (χ1) is 9.58. The van der Waals surface area contributed by atoms with Crippen LogP contribution in [0.5, 0.6) is 5.75 Å². The fourth-order valence-corrected chi connectivity index (χ4v) is 3.58. The Morgan fingerprint density at radius 1 is 1.30 bits per heavy atom. The van der Waals surface area contributed by atoms with E-state index in [-0.39, 0.29) is 6.04 Å². The van der Waals surface area contributed by atoms with Gasteiger partial charge in [0.15, 0.2) is 0 Å². The van der Waals surface area contributed by atoms with Crippen molar-refractivity contribution in [1.82, 2.24) is 5.43 Å². The van der Waals surface area contributed by atoms with Crippen molar-refractivity contribution in [3.63, 3.8) is 0 Å². The summed E-state index contributed by atoms with van der Waals surface area (Å²) in [5.41, 5.74) is 2.94. The first-order valence-corrected chi connectivity index (χ1v) is 7.80. The molecule has 0 saturated heterocycles. The van der Waals surface area contributed by atoms with Gasteiger partial charge in [0.25, 0.3) is 0 Å². The summed E-state index contributed by atoms with van der Waals surface area (Å²) in [6.45, 7) is 5.24. The van der Waals surface area contributed by atoms with E-state index in [1.807, 2.05) is 24.3 Å². The van der Waals surface area contributed by atoms with Crippen LogP contribution in [0.4, 0.5) is 0 Å². The number of hydrogen-bond acceptors (Lipinski definition) is 3. The van der Waals surface area contributed by atoms with Crippen LogP contribution in [0.2, 0.25) is 5.02 Å². The normalized spacial score (nSPS) is 28.1. The van der Waals surface area contributed by atoms with Crippen LogP contribution in [0.3, 0.4) is 0 Å². The van der Waals surface area contributed by atoms with Crippen LogP contribution in [0.15, 0.2) is 24.3 Å². The van der Waals surface area contributed by atoms with Crippen molar-refractivity contribution in [2.75, 3.05) is 6.61 Å². The number of rotatable bonds is 5. The molecular formula is C16H25ClN2O. The van der Waals surface area contributed by atoms with Crippen LogP contribution in [0.1, 0.15) is 33.1 Å². The van der Waals surface area contributed by atoms with Crippen molar-refractivity contribution in [2.24, 2.45) is 23.6 Å². The zero-order chi connectivity index (χ0) is 14.5. The molecule has 1 aliphatic carbocycles. The second kappa shape index (κ2) is 7.30. The summed E-state index contributed by atoms with van der Waals surface area (Å²) in [6.07, 6.45) is 3.76. The van der Waals surface area contributed by atoms with E-state index < -0.39 is 0 Å². The van der Waals surface area contributed by atoms with Crippen LogP contribution in [0, 0.1) is 17.8 Å². The minimum absolute atomic E-state index is 0.194. The molecule has 1 aromatic carbocycles. The van der Waals surface area contributed by atoms with Crippen LogP contribution in [-0.2, 0) is 0 Å². The highest BCUT2D eigenvalue weighted by Gasteiger charge is 2.29. The SMILES string of the molecule is CC1CC(C)CC(C(COc2cccc(Cl)c2)NN)C1. The monoisotopic (exact) mass is 296 g/mol. The quantitative estimate of drug-likeness (QED) is 0.644. The second-order valence-corrected chi connectivity index (χ2v) is 6.66. The molecule has 0 aliphatic heterocycles. The van der Waals surface area contributed by atoms with Gasteiger partial charge in [-0.3, -0.25) is 11.3 Å². The molecule has 112 valence electrons. The molecule has 1 saturated carbocycles. The van der Waals surface area contributed by atoms with Crippen molar-refractivity contribution < 1.29 is 4.74 Å². The maximum Gasteiger partial charge on any atom is 0.120 e. The highest BCUT2D eigenvalue weighted by molar-refractivity contribution is 6.30. The summed E-state index contributed by atoms with van der Waals surface area (Å²) in [5, 5.41) is 0.694. The van der Waals surface area contributed by atoms with Gasteiger partial charge in [0.1, 0.15) is 12.4 Å². The molecule has 0 aromatic heterocycles. The van der Waals surface area contributed by atoms with E-state index in [4.69, 9.17) is 22.2 Å². The molecule has 2 rings (SSSR count). The summed E-state index contributed by atoms with van der Waals surface area (Å²) in [6, 6.07) is 7.69. The molecule has 0 spiro atoms. The van der Waals surface area contributed by atoms with Gasteiger partial charge in [0.05, 0.1) is 6.04 Å². The molecule has 1 aliphatic rings. The van der Waals surface area contributed by atoms with Gasteiger partial charge in [0.2, 0.25) is 0 Å². The smallest absolute Gasteiger partial charge is 0.120 e. The van der Waals surface area contributed by atoms with Gasteiger partial charge in [-0.15, -0.1) is 0 Å². The first-order valence-electron chi connectivity index (χ1n) is 7.43. The topological polar surface area (TPSA) is 47.3 Å². The van der Waals surface area contributed by atoms with E-state index in [0.717, 1.165) is 17.6 Å². The number of hydrazine groups is 1. The summed E-state index contributed by atoms with van der Waals surface area (Å²) in [7, 11) is 0. The predicted octanol–water partition coefficient (Wildman–Crippen LogP) is 3.62. The molecule has 0 amide bonds. The minimum atomic E-state index is 0.194. The highest BCUT2D eigenvalue weighted by atomic mass is 35.5. The third-order valence-corrected chi connectivity index (χ3v) is 4.46. The van der Waals surface area contributed by atoms with E-state index >= 15 is 0 Å². The van der Waals surface area contributed by atoms with E-state index in [2.05, 4.69) is 19.3 Å². The zero-order valence-electron chi connectivity index (χ0n) is 12.3. The number of nitrogens with one attached hydrogen (secondary N) is 1. The van der Waals surface area contributed by atoms with E-state index in [1.165, 1.54) is 19.3 Å². The van der Waals surface area contributed by atoms with Crippen molar-refractivity contribution in [3.8, 4) is 5.75 Å². The lowest BCUT2D eigenvalue weighted by molar-refractivity contribution is 0.138. The molecule has 4 heteroatoms. The number of ether oxygens (including phenoxy) is 1. The van der Waals surface area contributed by atoms with Crippen LogP contribution in [0.25, 0.3) is 0 Å². The maximum atomic E-state index is 5.96. The third-order valence-electron chi connectivity index (χ3n) is 4.22. The van der Waals surface area contributed by atoms with Crippen LogP contribution in [-0.4, -0.2) is 12.6 Å². The fraction of sp³-hybridized carbons (Fsp3) is 0.625. The minimum Gasteiger partial charge on any atom is -0.492 e. The van der Waals surface area contributed by atoms with Crippen LogP contribution >= 0.6 is 11.6 Å². The fourth-order valence-electron chi connectivity index (χ4n) is 3.40. The zero-order valence-corrected chi connectivity index (χ0v) is 13.1. The summed E-state index contributed by atoms with van der Waals surface area (Å²) < 4.78 is 5.84. The Kier molecular flexibility index (Phi) is 5.70. The van der Waals surface area contributed by atoms with Crippen molar-refractivity contribution in [3.05, 3.63) is 29.3 Å². The largest absolute Gasteiger partial charge is 0.492 e. The number of benzene rings is 1.